The number of hydrogen-bond acceptors (Lipinski definition) is 4. The Kier molecular flexibility index (Phi) is 3.41. The lowest BCUT2D eigenvalue weighted by molar-refractivity contribution is 0.0374. The van der Waals surface area contributed by atoms with E-state index in [0.29, 0.717) is 13.2 Å². The van der Waals surface area contributed by atoms with E-state index in [0.717, 1.165) is 5.56 Å². The highest BCUT2D eigenvalue weighted by Gasteiger charge is 2.28. The molecule has 0 radical (unpaired) electrons. The molecule has 4 nitrogen and oxygen atoms in total. The van der Waals surface area contributed by atoms with E-state index in [9.17, 15) is 0 Å². The van der Waals surface area contributed by atoms with Gasteiger partial charge in [-0.2, -0.15) is 0 Å². The zero-order valence-corrected chi connectivity index (χ0v) is 9.30. The molecule has 0 saturated heterocycles. The summed E-state index contributed by atoms with van der Waals surface area (Å²) in [6, 6.07) is 10.2. The van der Waals surface area contributed by atoms with Crippen molar-refractivity contribution in [3.63, 3.8) is 0 Å². The molecule has 0 spiro atoms. The van der Waals surface area contributed by atoms with Gasteiger partial charge in [0.05, 0.1) is 0 Å². The highest BCUT2D eigenvalue weighted by Crippen LogP contribution is 2.25. The average molecular weight is 220 g/mol. The molecule has 1 unspecified atom stereocenters. The number of nitrogens with two attached hydrogens (primary N) is 1. The van der Waals surface area contributed by atoms with Gasteiger partial charge in [-0.3, -0.25) is 0 Å². The van der Waals surface area contributed by atoms with E-state index in [1.54, 1.807) is 0 Å². The lowest BCUT2D eigenvalue weighted by atomic mass is 10.0. The van der Waals surface area contributed by atoms with Crippen molar-refractivity contribution in [3.8, 4) is 0 Å². The van der Waals surface area contributed by atoms with Crippen molar-refractivity contribution < 1.29 is 9.47 Å². The van der Waals surface area contributed by atoms with Gasteiger partial charge in [-0.15, -0.1) is 0 Å². The van der Waals surface area contributed by atoms with Gasteiger partial charge in [0, 0.05) is 6.61 Å². The average Bonchev–Trinajstić information content (AvgIpc) is 2.74. The Morgan fingerprint density at radius 1 is 1.50 bits per heavy atom. The molecule has 0 fully saturated rings. The first-order valence-corrected chi connectivity index (χ1v) is 5.44. The summed E-state index contributed by atoms with van der Waals surface area (Å²) in [5.74, 6) is 0. The van der Waals surface area contributed by atoms with Crippen LogP contribution < -0.4 is 5.73 Å². The van der Waals surface area contributed by atoms with Crippen LogP contribution in [0.25, 0.3) is 0 Å². The third-order valence-electron chi connectivity index (χ3n) is 2.52. The number of hydrogen-bond donors (Lipinski definition) is 1. The van der Waals surface area contributed by atoms with Crippen molar-refractivity contribution in [1.82, 2.24) is 0 Å². The molecule has 0 aliphatic carbocycles. The smallest absolute Gasteiger partial charge is 0.282 e. The second kappa shape index (κ2) is 4.99. The molecule has 2 atom stereocenters. The quantitative estimate of drug-likeness (QED) is 0.836. The fourth-order valence-corrected chi connectivity index (χ4v) is 1.82. The number of nitrogens with zero attached hydrogens (tertiary/aromatic N) is 1. The maximum Gasteiger partial charge on any atom is 0.282 e. The number of aliphatic imine (C=N–C) groups is 1. The third kappa shape index (κ3) is 2.33. The summed E-state index contributed by atoms with van der Waals surface area (Å²) in [6.45, 7) is 3.11. The van der Waals surface area contributed by atoms with Crippen molar-refractivity contribution in [2.75, 3.05) is 13.2 Å². The summed E-state index contributed by atoms with van der Waals surface area (Å²) >= 11 is 0. The summed E-state index contributed by atoms with van der Waals surface area (Å²) in [5, 5.41) is 0. The SMILES string of the molecule is CCOC(c1ccccc1)[C@@H]1COC(N)=N1. The first kappa shape index (κ1) is 11.0. The van der Waals surface area contributed by atoms with Gasteiger partial charge in [0.25, 0.3) is 6.02 Å². The van der Waals surface area contributed by atoms with Crippen LogP contribution in [0.1, 0.15) is 18.6 Å². The molecule has 0 bridgehead atoms. The fraction of sp³-hybridized carbons (Fsp3) is 0.417. The second-order valence-corrected chi connectivity index (χ2v) is 3.63. The zero-order chi connectivity index (χ0) is 11.4. The summed E-state index contributed by atoms with van der Waals surface area (Å²) in [7, 11) is 0. The first-order valence-electron chi connectivity index (χ1n) is 5.44. The van der Waals surface area contributed by atoms with Crippen LogP contribution in [-0.4, -0.2) is 25.3 Å². The molecular weight excluding hydrogens is 204 g/mol. The molecule has 86 valence electrons. The molecule has 1 heterocycles. The Labute approximate surface area is 95.1 Å². The normalized spacial score (nSPS) is 21.3. The minimum Gasteiger partial charge on any atom is -0.463 e. The van der Waals surface area contributed by atoms with Crippen LogP contribution >= 0.6 is 0 Å². The van der Waals surface area contributed by atoms with Gasteiger partial charge >= 0.3 is 0 Å². The zero-order valence-electron chi connectivity index (χ0n) is 9.30. The highest BCUT2D eigenvalue weighted by atomic mass is 16.5. The van der Waals surface area contributed by atoms with E-state index >= 15 is 0 Å². The van der Waals surface area contributed by atoms with Gasteiger partial charge in [0.1, 0.15) is 18.8 Å². The van der Waals surface area contributed by atoms with Crippen molar-refractivity contribution >= 4 is 6.02 Å². The van der Waals surface area contributed by atoms with Crippen LogP contribution in [0.2, 0.25) is 0 Å². The molecule has 2 N–H and O–H groups in total. The van der Waals surface area contributed by atoms with E-state index in [1.165, 1.54) is 0 Å². The van der Waals surface area contributed by atoms with Crippen LogP contribution in [0.4, 0.5) is 0 Å². The van der Waals surface area contributed by atoms with Crippen LogP contribution in [-0.2, 0) is 9.47 Å². The Hall–Kier alpha value is -1.55. The molecule has 1 aliphatic heterocycles. The standard InChI is InChI=1S/C12H16N2O2/c1-2-15-11(9-6-4-3-5-7-9)10-8-16-12(13)14-10/h3-7,10-11H,2,8H2,1H3,(H2,13,14)/t10-,11?/m0/s1. The molecule has 4 heteroatoms. The summed E-state index contributed by atoms with van der Waals surface area (Å²) in [4.78, 5) is 4.23. The predicted octanol–water partition coefficient (Wildman–Crippen LogP) is 1.48. The Morgan fingerprint density at radius 3 is 2.81 bits per heavy atom. The van der Waals surface area contributed by atoms with Gasteiger partial charge in [0.2, 0.25) is 0 Å². The predicted molar refractivity (Wildman–Crippen MR) is 62.2 cm³/mol. The monoisotopic (exact) mass is 220 g/mol. The second-order valence-electron chi connectivity index (χ2n) is 3.63. The van der Waals surface area contributed by atoms with Crippen molar-refractivity contribution in [1.29, 1.82) is 0 Å². The summed E-state index contributed by atoms with van der Waals surface area (Å²) in [6.07, 6.45) is -0.0766. The molecule has 1 aromatic carbocycles. The topological polar surface area (TPSA) is 56.8 Å². The van der Waals surface area contributed by atoms with E-state index in [-0.39, 0.29) is 18.2 Å². The molecule has 1 aromatic rings. The van der Waals surface area contributed by atoms with Crippen LogP contribution in [0.5, 0.6) is 0 Å². The summed E-state index contributed by atoms with van der Waals surface area (Å²) in [5.41, 5.74) is 6.62. The number of ether oxygens (including phenoxy) is 2. The fourth-order valence-electron chi connectivity index (χ4n) is 1.82. The number of amidine groups is 1. The van der Waals surface area contributed by atoms with Crippen molar-refractivity contribution in [2.24, 2.45) is 10.7 Å². The lowest BCUT2D eigenvalue weighted by Gasteiger charge is -2.20. The maximum atomic E-state index is 5.72. The Balaban J connectivity index is 2.18. The number of rotatable bonds is 4. The van der Waals surface area contributed by atoms with Gasteiger partial charge in [0.15, 0.2) is 0 Å². The molecule has 0 saturated carbocycles. The molecule has 16 heavy (non-hydrogen) atoms. The van der Waals surface area contributed by atoms with E-state index < -0.39 is 0 Å². The van der Waals surface area contributed by atoms with Crippen LogP contribution in [0.15, 0.2) is 35.3 Å². The summed E-state index contributed by atoms with van der Waals surface area (Å²) < 4.78 is 10.9. The van der Waals surface area contributed by atoms with Crippen LogP contribution in [0, 0.1) is 0 Å². The lowest BCUT2D eigenvalue weighted by Crippen LogP contribution is -2.21. The molecule has 0 amide bonds. The Morgan fingerprint density at radius 2 is 2.25 bits per heavy atom. The largest absolute Gasteiger partial charge is 0.463 e. The Bertz CT molecular complexity index is 365. The minimum atomic E-state index is -0.0766. The molecule has 0 aromatic heterocycles. The molecular formula is C12H16N2O2. The van der Waals surface area contributed by atoms with Gasteiger partial charge in [-0.25, -0.2) is 4.99 Å². The van der Waals surface area contributed by atoms with Gasteiger partial charge in [-0.1, -0.05) is 30.3 Å². The number of benzene rings is 1. The van der Waals surface area contributed by atoms with E-state index in [1.807, 2.05) is 37.3 Å². The van der Waals surface area contributed by atoms with E-state index in [2.05, 4.69) is 4.99 Å². The van der Waals surface area contributed by atoms with E-state index in [4.69, 9.17) is 15.2 Å². The molecule has 1 aliphatic rings. The van der Waals surface area contributed by atoms with Crippen LogP contribution in [0.3, 0.4) is 0 Å². The highest BCUT2D eigenvalue weighted by molar-refractivity contribution is 5.73. The van der Waals surface area contributed by atoms with Gasteiger partial charge < -0.3 is 15.2 Å². The maximum absolute atomic E-state index is 5.72. The van der Waals surface area contributed by atoms with Crippen molar-refractivity contribution in [3.05, 3.63) is 35.9 Å². The molecule has 2 rings (SSSR count). The van der Waals surface area contributed by atoms with Crippen molar-refractivity contribution in [2.45, 2.75) is 19.1 Å². The third-order valence-corrected chi connectivity index (χ3v) is 2.52. The minimum absolute atomic E-state index is 0.0395. The first-order chi connectivity index (χ1) is 7.81. The van der Waals surface area contributed by atoms with Gasteiger partial charge in [-0.05, 0) is 12.5 Å².